The Hall–Kier alpha value is -4.34. The van der Waals surface area contributed by atoms with Gasteiger partial charge in [0.2, 0.25) is 5.88 Å². The Morgan fingerprint density at radius 1 is 1.13 bits per heavy atom. The number of benzene rings is 2. The molecule has 1 N–H and O–H groups in total. The van der Waals surface area contributed by atoms with Gasteiger partial charge in [0.15, 0.2) is 5.82 Å². The lowest BCUT2D eigenvalue weighted by Gasteiger charge is -2.31. The predicted octanol–water partition coefficient (Wildman–Crippen LogP) is 4.75. The highest BCUT2D eigenvalue weighted by Crippen LogP contribution is 2.48. The molecule has 6 heterocycles. The van der Waals surface area contributed by atoms with Crippen molar-refractivity contribution < 1.29 is 32.5 Å². The van der Waals surface area contributed by atoms with Gasteiger partial charge in [-0.1, -0.05) is 12.0 Å². The summed E-state index contributed by atoms with van der Waals surface area (Å²) in [5.74, 6) is 1.57. The second-order valence-corrected chi connectivity index (χ2v) is 13.1. The third-order valence-corrected chi connectivity index (χ3v) is 10.3. The fourth-order valence-corrected chi connectivity index (χ4v) is 8.13. The number of anilines is 1. The molecule has 2 aromatic heterocycles. The zero-order valence-corrected chi connectivity index (χ0v) is 24.8. The molecular formula is C34H30F3N5O4. The maximum atomic E-state index is 17.0. The normalized spacial score (nSPS) is 28.2. The van der Waals surface area contributed by atoms with Crippen LogP contribution in [0.4, 0.5) is 19.0 Å². The average molecular weight is 630 g/mol. The summed E-state index contributed by atoms with van der Waals surface area (Å²) < 4.78 is 65.0. The van der Waals surface area contributed by atoms with Crippen molar-refractivity contribution >= 4 is 27.5 Å². The summed E-state index contributed by atoms with van der Waals surface area (Å²) in [6.07, 6.45) is 7.77. The van der Waals surface area contributed by atoms with Crippen LogP contribution in [0.3, 0.4) is 0 Å². The molecule has 5 atom stereocenters. The molecule has 46 heavy (non-hydrogen) atoms. The number of phenolic OH excluding ortho intramolecular Hbond substituents is 1. The van der Waals surface area contributed by atoms with E-state index >= 15 is 4.39 Å². The van der Waals surface area contributed by atoms with Crippen molar-refractivity contribution in [2.75, 3.05) is 44.4 Å². The minimum atomic E-state index is -0.934. The first kappa shape index (κ1) is 27.9. The fourth-order valence-electron chi connectivity index (χ4n) is 8.13. The van der Waals surface area contributed by atoms with Crippen LogP contribution in [0.25, 0.3) is 32.9 Å². The van der Waals surface area contributed by atoms with E-state index in [0.29, 0.717) is 48.7 Å². The van der Waals surface area contributed by atoms with Gasteiger partial charge in [-0.05, 0) is 49.4 Å². The van der Waals surface area contributed by atoms with Gasteiger partial charge in [0, 0.05) is 35.9 Å². The molecule has 0 unspecified atom stereocenters. The number of aromatic nitrogens is 3. The van der Waals surface area contributed by atoms with Crippen molar-refractivity contribution in [2.45, 2.75) is 49.5 Å². The summed E-state index contributed by atoms with van der Waals surface area (Å²) in [7, 11) is 0. The first-order chi connectivity index (χ1) is 22.3. The van der Waals surface area contributed by atoms with E-state index in [4.69, 9.17) is 25.6 Å². The van der Waals surface area contributed by atoms with Crippen LogP contribution in [0.2, 0.25) is 0 Å². The van der Waals surface area contributed by atoms with E-state index in [2.05, 4.69) is 25.7 Å². The average Bonchev–Trinajstić information content (AvgIpc) is 3.66. The molecule has 0 radical (unpaired) electrons. The number of halogens is 3. The first-order valence-corrected chi connectivity index (χ1v) is 15.7. The topological polar surface area (TPSA) is 93.1 Å². The Morgan fingerprint density at radius 3 is 2.89 bits per heavy atom. The number of nitrogens with zero attached hydrogens (tertiary/aromatic N) is 5. The molecule has 236 valence electrons. The van der Waals surface area contributed by atoms with E-state index in [9.17, 15) is 13.9 Å². The van der Waals surface area contributed by atoms with E-state index < -0.39 is 23.3 Å². The van der Waals surface area contributed by atoms with Gasteiger partial charge in [-0.15, -0.1) is 6.42 Å². The van der Waals surface area contributed by atoms with E-state index in [1.165, 1.54) is 24.3 Å². The molecule has 9 nitrogen and oxygen atoms in total. The molecule has 4 fully saturated rings. The van der Waals surface area contributed by atoms with Crippen LogP contribution in [-0.2, 0) is 4.74 Å². The van der Waals surface area contributed by atoms with E-state index in [0.717, 1.165) is 25.8 Å². The highest BCUT2D eigenvalue weighted by molar-refractivity contribution is 6.04. The Morgan fingerprint density at radius 2 is 2.02 bits per heavy atom. The summed E-state index contributed by atoms with van der Waals surface area (Å²) >= 11 is 0. The van der Waals surface area contributed by atoms with Crippen LogP contribution in [0.15, 0.2) is 24.3 Å². The number of hydrogen-bond acceptors (Lipinski definition) is 9. The fraction of sp³-hybridized carbons (Fsp3) is 0.441. The van der Waals surface area contributed by atoms with Gasteiger partial charge < -0.3 is 24.2 Å². The number of phenols is 1. The van der Waals surface area contributed by atoms with Crippen LogP contribution >= 0.6 is 0 Å². The van der Waals surface area contributed by atoms with E-state index in [-0.39, 0.29) is 70.7 Å². The Balaban J connectivity index is 1.25. The summed E-state index contributed by atoms with van der Waals surface area (Å²) in [4.78, 5) is 18.3. The van der Waals surface area contributed by atoms with Gasteiger partial charge in [0.1, 0.15) is 53.4 Å². The minimum absolute atomic E-state index is 0.0350. The van der Waals surface area contributed by atoms with Gasteiger partial charge in [-0.3, -0.25) is 4.90 Å². The van der Waals surface area contributed by atoms with Gasteiger partial charge in [-0.2, -0.15) is 9.97 Å². The standard InChI is InChI=1S/C34H30F3N5O4/c1-2-22-24(36)5-4-17-8-21(43)10-23(26(17)22)29-28(37)30-27-31(42-20(15-45-32(27)38-29)14-44-13-18-9-25(18)42)40-33(39-30)46-16-34-6-3-7-41(34)12-19(35)11-34/h1,4-5,8,10,18-20,25,43H,3,6-7,9,11-16H2/t18-,19-,20+,25-,34+/m1/s1. The first-order valence-electron chi connectivity index (χ1n) is 15.7. The molecule has 0 amide bonds. The molecule has 0 bridgehead atoms. The third kappa shape index (κ3) is 4.14. The van der Waals surface area contributed by atoms with Crippen molar-refractivity contribution in [1.82, 2.24) is 19.9 Å². The summed E-state index contributed by atoms with van der Waals surface area (Å²) in [5, 5.41) is 11.6. The molecule has 3 saturated heterocycles. The molecule has 0 spiro atoms. The summed E-state index contributed by atoms with van der Waals surface area (Å²) in [5.41, 5.74) is -0.752. The Bertz CT molecular complexity index is 1990. The number of terminal acetylenes is 1. The second-order valence-electron chi connectivity index (χ2n) is 13.1. The molecular weight excluding hydrogens is 599 g/mol. The summed E-state index contributed by atoms with van der Waals surface area (Å²) in [6.45, 7) is 2.54. The number of alkyl halides is 1. The quantitative estimate of drug-likeness (QED) is 0.321. The smallest absolute Gasteiger partial charge is 0.319 e. The van der Waals surface area contributed by atoms with Crippen LogP contribution < -0.4 is 14.4 Å². The van der Waals surface area contributed by atoms with Crippen LogP contribution in [-0.4, -0.2) is 88.3 Å². The van der Waals surface area contributed by atoms with Crippen LogP contribution in [0.1, 0.15) is 31.2 Å². The molecule has 9 rings (SSSR count). The van der Waals surface area contributed by atoms with Crippen molar-refractivity contribution in [3.8, 4) is 41.2 Å². The zero-order valence-electron chi connectivity index (χ0n) is 24.8. The van der Waals surface area contributed by atoms with Gasteiger partial charge in [0.25, 0.3) is 0 Å². The van der Waals surface area contributed by atoms with Crippen molar-refractivity contribution in [2.24, 2.45) is 5.92 Å². The molecule has 2 aromatic carbocycles. The predicted molar refractivity (Wildman–Crippen MR) is 163 cm³/mol. The van der Waals surface area contributed by atoms with Gasteiger partial charge in [0.05, 0.1) is 30.4 Å². The molecule has 1 aliphatic carbocycles. The lowest BCUT2D eigenvalue weighted by molar-refractivity contribution is 0.106. The van der Waals surface area contributed by atoms with Gasteiger partial charge in [-0.25, -0.2) is 18.2 Å². The maximum Gasteiger partial charge on any atom is 0.319 e. The maximum absolute atomic E-state index is 17.0. The van der Waals surface area contributed by atoms with Crippen LogP contribution in [0.5, 0.6) is 17.6 Å². The van der Waals surface area contributed by atoms with E-state index in [1.54, 1.807) is 0 Å². The molecule has 1 saturated carbocycles. The minimum Gasteiger partial charge on any atom is -0.508 e. The summed E-state index contributed by atoms with van der Waals surface area (Å²) in [6, 6.07) is 5.27. The number of aromatic hydroxyl groups is 1. The molecule has 5 aliphatic rings. The lowest BCUT2D eigenvalue weighted by Crippen LogP contribution is -2.44. The Labute approximate surface area is 262 Å². The van der Waals surface area contributed by atoms with Crippen LogP contribution in [0, 0.1) is 29.9 Å². The molecule has 4 aliphatic heterocycles. The number of hydrogen-bond donors (Lipinski definition) is 1. The largest absolute Gasteiger partial charge is 0.508 e. The number of ether oxygens (including phenoxy) is 3. The SMILES string of the molecule is C#Cc1c(F)ccc2cc(O)cc(-c3nc4c5c(nc(OC[C@@]67CCCN6C[C@H](F)C7)nc5c3F)N3[C@@H](COC[C@H]5C[C@H]53)CO4)c12. The second kappa shape index (κ2) is 10.1. The Kier molecular flexibility index (Phi) is 6.12. The highest BCUT2D eigenvalue weighted by atomic mass is 19.1. The third-order valence-electron chi connectivity index (χ3n) is 10.3. The van der Waals surface area contributed by atoms with Crippen molar-refractivity contribution in [1.29, 1.82) is 0 Å². The molecule has 4 aromatic rings. The van der Waals surface area contributed by atoms with Crippen molar-refractivity contribution in [3.63, 3.8) is 0 Å². The number of pyridine rings is 1. The lowest BCUT2D eigenvalue weighted by atomic mass is 9.95. The van der Waals surface area contributed by atoms with Gasteiger partial charge >= 0.3 is 6.01 Å². The number of fused-ring (bicyclic) bond motifs is 6. The van der Waals surface area contributed by atoms with E-state index in [1.807, 2.05) is 0 Å². The monoisotopic (exact) mass is 629 g/mol. The van der Waals surface area contributed by atoms with Crippen molar-refractivity contribution in [3.05, 3.63) is 41.5 Å². The zero-order chi connectivity index (χ0) is 31.3. The molecule has 12 heteroatoms. The number of rotatable bonds is 4. The highest BCUT2D eigenvalue weighted by Gasteiger charge is 2.51.